The molecular weight excluding hydrogens is 423 g/mol. The zero-order valence-corrected chi connectivity index (χ0v) is 17.5. The molecule has 8 nitrogen and oxygen atoms in total. The third kappa shape index (κ3) is 2.96. The molecule has 1 fully saturated rings. The number of aromatic nitrogens is 3. The minimum Gasteiger partial charge on any atom is -0.321 e. The maximum Gasteiger partial charge on any atom is 0.325 e. The van der Waals surface area contributed by atoms with E-state index in [1.165, 1.54) is 17.0 Å². The van der Waals surface area contributed by atoms with Crippen LogP contribution in [0.3, 0.4) is 0 Å². The minimum absolute atomic E-state index is 0.0749. The van der Waals surface area contributed by atoms with E-state index in [1.54, 1.807) is 22.6 Å². The highest BCUT2D eigenvalue weighted by Gasteiger charge is 2.52. The molecule has 2 aliphatic heterocycles. The van der Waals surface area contributed by atoms with Gasteiger partial charge in [0.05, 0.1) is 10.6 Å². The molecule has 2 aliphatic rings. The number of aryl methyl sites for hydroxylation is 1. The number of imide groups is 1. The van der Waals surface area contributed by atoms with Crippen molar-refractivity contribution in [3.05, 3.63) is 64.4 Å². The van der Waals surface area contributed by atoms with E-state index in [9.17, 15) is 14.0 Å². The third-order valence-electron chi connectivity index (χ3n) is 5.66. The van der Waals surface area contributed by atoms with Crippen LogP contribution in [0.4, 0.5) is 15.1 Å². The molecule has 31 heavy (non-hydrogen) atoms. The zero-order valence-electron chi connectivity index (χ0n) is 16.7. The van der Waals surface area contributed by atoms with Gasteiger partial charge < -0.3 is 9.80 Å². The lowest BCUT2D eigenvalue weighted by atomic mass is 10.1. The Hall–Kier alpha value is -3.46. The van der Waals surface area contributed by atoms with E-state index in [4.69, 9.17) is 11.6 Å². The Labute approximate surface area is 182 Å². The van der Waals surface area contributed by atoms with Gasteiger partial charge in [0.15, 0.2) is 11.9 Å². The molecule has 2 unspecified atom stereocenters. The van der Waals surface area contributed by atoms with Crippen LogP contribution in [0.1, 0.15) is 17.3 Å². The van der Waals surface area contributed by atoms with Crippen molar-refractivity contribution < 1.29 is 14.0 Å². The Morgan fingerprint density at radius 2 is 1.94 bits per heavy atom. The predicted molar refractivity (Wildman–Crippen MR) is 112 cm³/mol. The summed E-state index contributed by atoms with van der Waals surface area (Å²) in [6, 6.07) is 10.9. The van der Waals surface area contributed by atoms with E-state index < -0.39 is 30.0 Å². The lowest BCUT2D eigenvalue weighted by Gasteiger charge is -2.37. The molecule has 3 amide bonds. The van der Waals surface area contributed by atoms with Crippen molar-refractivity contribution in [3.63, 3.8) is 0 Å². The summed E-state index contributed by atoms with van der Waals surface area (Å²) in [5, 5.41) is 11.0. The summed E-state index contributed by atoms with van der Waals surface area (Å²) >= 11 is 6.28. The van der Waals surface area contributed by atoms with Gasteiger partial charge in [-0.1, -0.05) is 47.5 Å². The highest BCUT2D eigenvalue weighted by molar-refractivity contribution is 6.33. The molecule has 1 aromatic heterocycles. The van der Waals surface area contributed by atoms with Crippen molar-refractivity contribution >= 4 is 29.5 Å². The molecule has 5 rings (SSSR count). The second-order valence-corrected chi connectivity index (χ2v) is 8.08. The third-order valence-corrected chi connectivity index (χ3v) is 5.97. The van der Waals surface area contributed by atoms with E-state index in [-0.39, 0.29) is 16.4 Å². The number of carbonyl (C=O) groups is 2. The molecule has 3 heterocycles. The number of hydrogen-bond donors (Lipinski definition) is 1. The maximum atomic E-state index is 14.7. The molecule has 0 saturated carbocycles. The van der Waals surface area contributed by atoms with Gasteiger partial charge in [-0.15, -0.1) is 10.2 Å². The first-order valence-corrected chi connectivity index (χ1v) is 10.0. The smallest absolute Gasteiger partial charge is 0.321 e. The van der Waals surface area contributed by atoms with Gasteiger partial charge in [0, 0.05) is 13.6 Å². The number of nitrogens with zero attached hydrogens (tertiary/aromatic N) is 5. The van der Waals surface area contributed by atoms with Gasteiger partial charge in [0.2, 0.25) is 5.95 Å². The molecule has 2 aromatic carbocycles. The fraction of sp³-hybridized carbons (Fsp3) is 0.238. The lowest BCUT2D eigenvalue weighted by Crippen LogP contribution is -2.61. The summed E-state index contributed by atoms with van der Waals surface area (Å²) < 4.78 is 16.3. The molecular formula is C21H18ClFN6O2. The molecule has 10 heteroatoms. The quantitative estimate of drug-likeness (QED) is 0.676. The van der Waals surface area contributed by atoms with Crippen molar-refractivity contribution in [2.75, 3.05) is 11.9 Å². The number of hydrogen-bond acceptors (Lipinski definition) is 5. The first-order chi connectivity index (χ1) is 14.9. The van der Waals surface area contributed by atoms with Crippen LogP contribution in [-0.2, 0) is 11.3 Å². The molecule has 0 spiro atoms. The van der Waals surface area contributed by atoms with E-state index in [2.05, 4.69) is 15.5 Å². The first kappa shape index (κ1) is 19.5. The highest BCUT2D eigenvalue weighted by atomic mass is 35.5. The molecule has 158 valence electrons. The van der Waals surface area contributed by atoms with Crippen LogP contribution < -0.4 is 10.2 Å². The fourth-order valence-electron chi connectivity index (χ4n) is 4.26. The van der Waals surface area contributed by atoms with Crippen molar-refractivity contribution in [1.82, 2.24) is 25.0 Å². The topological polar surface area (TPSA) is 83.4 Å². The average Bonchev–Trinajstić information content (AvgIpc) is 3.26. The molecule has 1 N–H and O–H groups in total. The van der Waals surface area contributed by atoms with E-state index in [0.717, 1.165) is 11.1 Å². The Kier molecular flexibility index (Phi) is 4.44. The van der Waals surface area contributed by atoms with Crippen molar-refractivity contribution in [2.45, 2.75) is 25.7 Å². The van der Waals surface area contributed by atoms with Crippen LogP contribution in [0.5, 0.6) is 0 Å². The summed E-state index contributed by atoms with van der Waals surface area (Å²) in [5.74, 6) is -0.487. The second kappa shape index (κ2) is 7.05. The van der Waals surface area contributed by atoms with Crippen LogP contribution in [0.2, 0.25) is 5.02 Å². The number of carbonyl (C=O) groups excluding carboxylic acids is 2. The molecule has 0 aliphatic carbocycles. The molecule has 0 bridgehead atoms. The Morgan fingerprint density at radius 3 is 2.68 bits per heavy atom. The molecule has 0 radical (unpaired) electrons. The Balaban J connectivity index is 1.69. The zero-order chi connectivity index (χ0) is 21.9. The fourth-order valence-corrected chi connectivity index (χ4v) is 4.50. The number of amides is 3. The normalized spacial score (nSPS) is 20.0. The van der Waals surface area contributed by atoms with Gasteiger partial charge in [-0.25, -0.2) is 9.18 Å². The lowest BCUT2D eigenvalue weighted by molar-refractivity contribution is -0.124. The monoisotopic (exact) mass is 440 g/mol. The number of fused-ring (bicyclic) bond motifs is 3. The van der Waals surface area contributed by atoms with Crippen molar-refractivity contribution in [2.24, 2.45) is 0 Å². The second-order valence-electron chi connectivity index (χ2n) is 7.67. The summed E-state index contributed by atoms with van der Waals surface area (Å²) in [6.45, 7) is 2.35. The number of likely N-dealkylation sites (N-methyl/N-ethyl adjacent to an activating group) is 1. The number of benzene rings is 2. The average molecular weight is 441 g/mol. The van der Waals surface area contributed by atoms with Gasteiger partial charge in [-0.05, 0) is 24.6 Å². The number of urea groups is 1. The van der Waals surface area contributed by atoms with Gasteiger partial charge in [0.1, 0.15) is 12.0 Å². The summed E-state index contributed by atoms with van der Waals surface area (Å²) in [7, 11) is 1.58. The maximum absolute atomic E-state index is 14.7. The van der Waals surface area contributed by atoms with Crippen molar-refractivity contribution in [1.29, 1.82) is 0 Å². The van der Waals surface area contributed by atoms with Crippen LogP contribution in [0.25, 0.3) is 11.4 Å². The summed E-state index contributed by atoms with van der Waals surface area (Å²) in [6.07, 6.45) is -0.748. The van der Waals surface area contributed by atoms with Crippen LogP contribution in [0.15, 0.2) is 42.5 Å². The molecule has 2 atom stereocenters. The highest BCUT2D eigenvalue weighted by Crippen LogP contribution is 2.43. The predicted octanol–water partition coefficient (Wildman–Crippen LogP) is 3.12. The molecule has 1 saturated heterocycles. The van der Waals surface area contributed by atoms with Crippen LogP contribution >= 0.6 is 11.6 Å². The van der Waals surface area contributed by atoms with Crippen LogP contribution in [-0.4, -0.2) is 44.7 Å². The van der Waals surface area contributed by atoms with Gasteiger partial charge in [-0.3, -0.25) is 14.7 Å². The number of halogens is 2. The standard InChI is InChI=1S/C21H18ClFN6O2/c1-11-5-3-6-12(9-11)10-28-16-18(30)24-21(31)27(2)19(16)29-17(25-26-20(28)29)15-13(22)7-4-8-14(15)23/h3-9,16,19H,10H2,1-2H3,(H,24,30,31). The Bertz CT molecular complexity index is 1210. The molecule has 3 aromatic rings. The number of rotatable bonds is 3. The summed E-state index contributed by atoms with van der Waals surface area (Å²) in [5.41, 5.74) is 2.12. The minimum atomic E-state index is -0.752. The first-order valence-electron chi connectivity index (χ1n) is 9.66. The largest absolute Gasteiger partial charge is 0.325 e. The van der Waals surface area contributed by atoms with Gasteiger partial charge in [0.25, 0.3) is 5.91 Å². The van der Waals surface area contributed by atoms with Gasteiger partial charge in [-0.2, -0.15) is 0 Å². The van der Waals surface area contributed by atoms with Crippen molar-refractivity contribution in [3.8, 4) is 11.4 Å². The van der Waals surface area contributed by atoms with E-state index in [1.807, 2.05) is 31.2 Å². The number of anilines is 1. The summed E-state index contributed by atoms with van der Waals surface area (Å²) in [4.78, 5) is 28.5. The number of nitrogens with one attached hydrogen (secondary N) is 1. The van der Waals surface area contributed by atoms with E-state index >= 15 is 0 Å². The van der Waals surface area contributed by atoms with Crippen LogP contribution in [0, 0.1) is 12.7 Å². The van der Waals surface area contributed by atoms with Gasteiger partial charge >= 0.3 is 6.03 Å². The SMILES string of the molecule is Cc1cccc(CN2c3nnc(-c4c(F)cccc4Cl)n3C3C2C(=O)NC(=O)N3C)c1. The van der Waals surface area contributed by atoms with E-state index in [0.29, 0.717) is 12.5 Å². The Morgan fingerprint density at radius 1 is 1.16 bits per heavy atom.